The Balaban J connectivity index is 0.00000261. The molecule has 5 nitrogen and oxygen atoms in total. The normalized spacial score (nSPS) is 16.6. The lowest BCUT2D eigenvalue weighted by atomic mass is 9.95. The van der Waals surface area contributed by atoms with E-state index in [-0.39, 0.29) is 41.3 Å². The zero-order valence-electron chi connectivity index (χ0n) is 16.0. The predicted octanol–water partition coefficient (Wildman–Crippen LogP) is 3.54. The third-order valence-corrected chi connectivity index (χ3v) is 5.07. The summed E-state index contributed by atoms with van der Waals surface area (Å²) in [5, 5.41) is 6.71. The maximum atomic E-state index is 14.1. The van der Waals surface area contributed by atoms with Crippen LogP contribution in [-0.4, -0.2) is 45.1 Å². The number of rotatable bonds is 7. The number of nitrogens with one attached hydrogen (secondary N) is 2. The first kappa shape index (κ1) is 21.7. The van der Waals surface area contributed by atoms with Crippen molar-refractivity contribution in [3.05, 3.63) is 59.8 Å². The van der Waals surface area contributed by atoms with Crippen LogP contribution >= 0.6 is 24.0 Å². The molecule has 3 rings (SSSR count). The summed E-state index contributed by atoms with van der Waals surface area (Å²) in [6.07, 6.45) is 3.67. The molecule has 1 aromatic carbocycles. The summed E-state index contributed by atoms with van der Waals surface area (Å²) in [4.78, 5) is 6.40. The van der Waals surface area contributed by atoms with E-state index in [1.54, 1.807) is 19.4 Å². The third-order valence-electron chi connectivity index (χ3n) is 5.07. The van der Waals surface area contributed by atoms with Crippen LogP contribution in [0.2, 0.25) is 0 Å². The molecule has 1 aromatic heterocycles. The Morgan fingerprint density at radius 3 is 2.52 bits per heavy atom. The van der Waals surface area contributed by atoms with Gasteiger partial charge in [-0.05, 0) is 50.7 Å². The van der Waals surface area contributed by atoms with Gasteiger partial charge in [-0.1, -0.05) is 18.2 Å². The average Bonchev–Trinajstić information content (AvgIpc) is 3.22. The topological polar surface area (TPSA) is 52.8 Å². The highest BCUT2D eigenvalue weighted by atomic mass is 127. The second-order valence-corrected chi connectivity index (χ2v) is 7.06. The predicted molar refractivity (Wildman–Crippen MR) is 117 cm³/mol. The summed E-state index contributed by atoms with van der Waals surface area (Å²) in [6.45, 7) is 1.33. The van der Waals surface area contributed by atoms with Crippen LogP contribution in [0.1, 0.15) is 30.2 Å². The summed E-state index contributed by atoms with van der Waals surface area (Å²) >= 11 is 0. The molecule has 1 aliphatic rings. The van der Waals surface area contributed by atoms with E-state index in [9.17, 15) is 4.39 Å². The van der Waals surface area contributed by atoms with Gasteiger partial charge < -0.3 is 15.1 Å². The van der Waals surface area contributed by atoms with Crippen molar-refractivity contribution in [3.8, 4) is 0 Å². The first-order valence-corrected chi connectivity index (χ1v) is 8.95. The van der Waals surface area contributed by atoms with Crippen molar-refractivity contribution in [1.29, 1.82) is 0 Å². The number of likely N-dealkylation sites (N-methyl/N-ethyl adjacent to an activating group) is 1. The van der Waals surface area contributed by atoms with E-state index < -0.39 is 0 Å². The molecule has 1 atom stereocenters. The van der Waals surface area contributed by atoms with Gasteiger partial charge >= 0.3 is 0 Å². The second kappa shape index (κ2) is 9.54. The molecule has 2 N–H and O–H groups in total. The second-order valence-electron chi connectivity index (χ2n) is 7.06. The van der Waals surface area contributed by atoms with Crippen LogP contribution in [0, 0.1) is 5.82 Å². The van der Waals surface area contributed by atoms with Gasteiger partial charge in [0.25, 0.3) is 0 Å². The highest BCUT2D eigenvalue weighted by Gasteiger charge is 2.45. The highest BCUT2D eigenvalue weighted by molar-refractivity contribution is 14.0. The van der Waals surface area contributed by atoms with E-state index in [1.807, 2.05) is 38.4 Å². The first-order chi connectivity index (χ1) is 12.6. The molecule has 148 valence electrons. The summed E-state index contributed by atoms with van der Waals surface area (Å²) in [5.74, 6) is 1.49. The van der Waals surface area contributed by atoms with Gasteiger partial charge in [0.05, 0.1) is 12.3 Å². The molecule has 2 aromatic rings. The minimum absolute atomic E-state index is 0. The van der Waals surface area contributed by atoms with Crippen molar-refractivity contribution in [2.24, 2.45) is 4.99 Å². The fourth-order valence-corrected chi connectivity index (χ4v) is 3.27. The van der Waals surface area contributed by atoms with Crippen molar-refractivity contribution in [1.82, 2.24) is 15.5 Å². The molecule has 1 unspecified atom stereocenters. The molecule has 27 heavy (non-hydrogen) atoms. The monoisotopic (exact) mass is 486 g/mol. The Kier molecular flexibility index (Phi) is 7.67. The van der Waals surface area contributed by atoms with E-state index in [0.29, 0.717) is 19.0 Å². The lowest BCUT2D eigenvalue weighted by molar-refractivity contribution is 0.258. The molecule has 1 aliphatic carbocycles. The quantitative estimate of drug-likeness (QED) is 0.357. The number of hydrogen-bond donors (Lipinski definition) is 2. The van der Waals surface area contributed by atoms with Crippen LogP contribution in [0.25, 0.3) is 0 Å². The summed E-state index contributed by atoms with van der Waals surface area (Å²) in [6, 6.07) is 11.0. The van der Waals surface area contributed by atoms with Crippen LogP contribution < -0.4 is 10.6 Å². The molecule has 0 amide bonds. The van der Waals surface area contributed by atoms with Gasteiger partial charge in [0, 0.05) is 25.6 Å². The zero-order chi connectivity index (χ0) is 18.6. The first-order valence-electron chi connectivity index (χ1n) is 8.95. The Bertz CT molecular complexity index is 744. The van der Waals surface area contributed by atoms with Gasteiger partial charge in [-0.3, -0.25) is 9.89 Å². The van der Waals surface area contributed by atoms with Gasteiger partial charge in [0.2, 0.25) is 0 Å². The molecule has 1 heterocycles. The van der Waals surface area contributed by atoms with Crippen molar-refractivity contribution in [3.63, 3.8) is 0 Å². The summed E-state index contributed by atoms with van der Waals surface area (Å²) < 4.78 is 19.7. The van der Waals surface area contributed by atoms with E-state index in [2.05, 4.69) is 20.5 Å². The maximum absolute atomic E-state index is 14.1. The number of furan rings is 1. The van der Waals surface area contributed by atoms with E-state index in [0.717, 1.165) is 24.2 Å². The number of nitrogens with zero attached hydrogens (tertiary/aromatic N) is 2. The van der Waals surface area contributed by atoms with Gasteiger partial charge in [0.1, 0.15) is 11.6 Å². The van der Waals surface area contributed by atoms with Gasteiger partial charge in [-0.15, -0.1) is 24.0 Å². The molecular weight excluding hydrogens is 458 g/mol. The largest absolute Gasteiger partial charge is 0.468 e. The van der Waals surface area contributed by atoms with Crippen LogP contribution in [0.5, 0.6) is 0 Å². The Morgan fingerprint density at radius 1 is 1.22 bits per heavy atom. The Morgan fingerprint density at radius 2 is 1.96 bits per heavy atom. The summed E-state index contributed by atoms with van der Waals surface area (Å²) in [5.41, 5.74) is 0.676. The molecule has 1 saturated carbocycles. The maximum Gasteiger partial charge on any atom is 0.191 e. The van der Waals surface area contributed by atoms with Crippen LogP contribution in [0.15, 0.2) is 52.1 Å². The van der Waals surface area contributed by atoms with E-state index in [4.69, 9.17) is 4.42 Å². The molecule has 1 fully saturated rings. The zero-order valence-corrected chi connectivity index (χ0v) is 18.4. The molecular formula is C20H28FIN4O. The molecule has 0 radical (unpaired) electrons. The van der Waals surface area contributed by atoms with Crippen molar-refractivity contribution in [2.45, 2.75) is 24.3 Å². The fourth-order valence-electron chi connectivity index (χ4n) is 3.27. The van der Waals surface area contributed by atoms with Crippen molar-refractivity contribution in [2.75, 3.05) is 34.2 Å². The van der Waals surface area contributed by atoms with Gasteiger partial charge in [0.15, 0.2) is 5.96 Å². The number of hydrogen-bond acceptors (Lipinski definition) is 3. The molecule has 0 spiro atoms. The lowest BCUT2D eigenvalue weighted by Gasteiger charge is -2.24. The van der Waals surface area contributed by atoms with Crippen molar-refractivity contribution >= 4 is 29.9 Å². The minimum Gasteiger partial charge on any atom is -0.468 e. The van der Waals surface area contributed by atoms with Gasteiger partial charge in [-0.25, -0.2) is 4.39 Å². The SMILES string of the molecule is CN=C(NCC(c1ccco1)N(C)C)NCC1(c2ccccc2F)CC1.I. The van der Waals surface area contributed by atoms with Crippen molar-refractivity contribution < 1.29 is 8.81 Å². The Hall–Kier alpha value is -1.61. The Labute approximate surface area is 177 Å². The third kappa shape index (κ3) is 5.22. The molecule has 0 aliphatic heterocycles. The number of guanidine groups is 1. The fraction of sp³-hybridized carbons (Fsp3) is 0.450. The molecule has 7 heteroatoms. The van der Waals surface area contributed by atoms with Gasteiger partial charge in [-0.2, -0.15) is 0 Å². The summed E-state index contributed by atoms with van der Waals surface area (Å²) in [7, 11) is 5.78. The molecule has 0 saturated heterocycles. The minimum atomic E-state index is -0.125. The lowest BCUT2D eigenvalue weighted by Crippen LogP contribution is -2.44. The van der Waals surface area contributed by atoms with E-state index in [1.165, 1.54) is 6.07 Å². The highest BCUT2D eigenvalue weighted by Crippen LogP contribution is 2.48. The smallest absolute Gasteiger partial charge is 0.191 e. The van der Waals surface area contributed by atoms with Crippen LogP contribution in [0.3, 0.4) is 0 Å². The standard InChI is InChI=1S/C20H27FN4O.HI/c1-22-19(23-13-17(25(2)3)18-9-6-12-26-18)24-14-20(10-11-20)15-7-4-5-8-16(15)21;/h4-9,12,17H,10-11,13-14H2,1-3H3,(H2,22,23,24);1H. The number of aliphatic imine (C=N–C) groups is 1. The number of benzene rings is 1. The van der Waals surface area contributed by atoms with Crippen LogP contribution in [-0.2, 0) is 5.41 Å². The average molecular weight is 486 g/mol. The van der Waals surface area contributed by atoms with E-state index >= 15 is 0 Å². The number of halogens is 2. The molecule has 0 bridgehead atoms. The van der Waals surface area contributed by atoms with Crippen LogP contribution in [0.4, 0.5) is 4.39 Å².